The molecule has 0 heterocycles. The van der Waals surface area contributed by atoms with Crippen molar-refractivity contribution in [2.24, 2.45) is 0 Å². The first-order valence-electron chi connectivity index (χ1n) is 8.25. The van der Waals surface area contributed by atoms with Crippen molar-refractivity contribution in [3.63, 3.8) is 0 Å². The molecule has 0 spiro atoms. The van der Waals surface area contributed by atoms with Gasteiger partial charge in [-0.2, -0.15) is 0 Å². The number of sulfonamides is 1. The van der Waals surface area contributed by atoms with Gasteiger partial charge >= 0.3 is 0 Å². The van der Waals surface area contributed by atoms with Crippen LogP contribution in [-0.2, 0) is 16.6 Å². The summed E-state index contributed by atoms with van der Waals surface area (Å²) in [6, 6.07) is 17.2. The summed E-state index contributed by atoms with van der Waals surface area (Å²) in [6.07, 6.45) is 0. The highest BCUT2D eigenvalue weighted by molar-refractivity contribution is 7.92. The van der Waals surface area contributed by atoms with E-state index < -0.39 is 32.5 Å². The molecule has 3 rings (SSSR count). The summed E-state index contributed by atoms with van der Waals surface area (Å²) in [5, 5.41) is 2.73. The first-order chi connectivity index (χ1) is 13.3. The van der Waals surface area contributed by atoms with Crippen molar-refractivity contribution in [1.82, 2.24) is 5.32 Å². The van der Waals surface area contributed by atoms with Gasteiger partial charge in [-0.05, 0) is 42.0 Å². The van der Waals surface area contributed by atoms with E-state index in [1.807, 2.05) is 30.3 Å². The second kappa shape index (κ2) is 8.18. The maximum atomic E-state index is 13.8. The summed E-state index contributed by atoms with van der Waals surface area (Å²) >= 11 is 0. The molecule has 0 bridgehead atoms. The number of hydrogen-bond donors (Lipinski definition) is 2. The van der Waals surface area contributed by atoms with Gasteiger partial charge in [0.1, 0.15) is 16.5 Å². The van der Waals surface area contributed by atoms with E-state index in [2.05, 4.69) is 10.0 Å². The molecule has 3 aromatic carbocycles. The predicted octanol–water partition coefficient (Wildman–Crippen LogP) is 3.70. The van der Waals surface area contributed by atoms with Gasteiger partial charge < -0.3 is 5.32 Å². The second-order valence-electron chi connectivity index (χ2n) is 5.93. The van der Waals surface area contributed by atoms with Crippen molar-refractivity contribution < 1.29 is 22.0 Å². The van der Waals surface area contributed by atoms with E-state index >= 15 is 0 Å². The zero-order chi connectivity index (χ0) is 20.1. The van der Waals surface area contributed by atoms with Crippen LogP contribution in [0.1, 0.15) is 15.9 Å². The molecule has 2 N–H and O–H groups in total. The maximum Gasteiger partial charge on any atom is 0.264 e. The number of benzene rings is 3. The van der Waals surface area contributed by atoms with Crippen LogP contribution in [0.5, 0.6) is 0 Å². The standard InChI is InChI=1S/C20H16F2N2O3S/c21-16-9-10-18(22)19(12-16)28(26,27)24-17-8-4-7-15(11-17)20(25)23-13-14-5-2-1-3-6-14/h1-12,24H,13H2,(H,23,25). The lowest BCUT2D eigenvalue weighted by molar-refractivity contribution is 0.0951. The SMILES string of the molecule is O=C(NCc1ccccc1)c1cccc(NS(=O)(=O)c2cc(F)ccc2F)c1. The average molecular weight is 402 g/mol. The average Bonchev–Trinajstić information content (AvgIpc) is 2.68. The van der Waals surface area contributed by atoms with Crippen LogP contribution in [0.4, 0.5) is 14.5 Å². The molecule has 28 heavy (non-hydrogen) atoms. The van der Waals surface area contributed by atoms with E-state index in [0.29, 0.717) is 12.6 Å². The number of carbonyl (C=O) groups is 1. The van der Waals surface area contributed by atoms with Gasteiger partial charge in [0.15, 0.2) is 0 Å². The highest BCUT2D eigenvalue weighted by Crippen LogP contribution is 2.20. The zero-order valence-corrected chi connectivity index (χ0v) is 15.3. The third kappa shape index (κ3) is 4.72. The van der Waals surface area contributed by atoms with Crippen LogP contribution in [0.2, 0.25) is 0 Å². The van der Waals surface area contributed by atoms with Crippen molar-refractivity contribution in [3.8, 4) is 0 Å². The highest BCUT2D eigenvalue weighted by Gasteiger charge is 2.20. The first-order valence-corrected chi connectivity index (χ1v) is 9.73. The van der Waals surface area contributed by atoms with Gasteiger partial charge in [-0.1, -0.05) is 36.4 Å². The smallest absolute Gasteiger partial charge is 0.264 e. The van der Waals surface area contributed by atoms with Gasteiger partial charge in [-0.25, -0.2) is 17.2 Å². The molecule has 8 heteroatoms. The highest BCUT2D eigenvalue weighted by atomic mass is 32.2. The number of anilines is 1. The van der Waals surface area contributed by atoms with E-state index in [4.69, 9.17) is 0 Å². The van der Waals surface area contributed by atoms with Crippen LogP contribution < -0.4 is 10.0 Å². The van der Waals surface area contributed by atoms with E-state index in [9.17, 15) is 22.0 Å². The van der Waals surface area contributed by atoms with E-state index in [-0.39, 0.29) is 11.3 Å². The zero-order valence-electron chi connectivity index (χ0n) is 14.5. The summed E-state index contributed by atoms with van der Waals surface area (Å²) < 4.78 is 53.9. The molecule has 144 valence electrons. The minimum absolute atomic E-state index is 0.0519. The number of carbonyl (C=O) groups excluding carboxylic acids is 1. The number of nitrogens with one attached hydrogen (secondary N) is 2. The quantitative estimate of drug-likeness (QED) is 0.660. The topological polar surface area (TPSA) is 75.3 Å². The lowest BCUT2D eigenvalue weighted by atomic mass is 10.2. The number of hydrogen-bond acceptors (Lipinski definition) is 3. The van der Waals surface area contributed by atoms with Gasteiger partial charge in [-0.15, -0.1) is 0 Å². The van der Waals surface area contributed by atoms with Crippen molar-refractivity contribution in [2.75, 3.05) is 4.72 Å². The van der Waals surface area contributed by atoms with Crippen LogP contribution in [0.3, 0.4) is 0 Å². The number of amides is 1. The predicted molar refractivity (Wildman–Crippen MR) is 101 cm³/mol. The van der Waals surface area contributed by atoms with Crippen molar-refractivity contribution in [1.29, 1.82) is 0 Å². The largest absolute Gasteiger partial charge is 0.348 e. The Balaban J connectivity index is 1.75. The summed E-state index contributed by atoms with van der Waals surface area (Å²) in [5.41, 5.74) is 1.18. The van der Waals surface area contributed by atoms with Gasteiger partial charge in [0, 0.05) is 17.8 Å². The Labute approximate surface area is 161 Å². The van der Waals surface area contributed by atoms with Crippen molar-refractivity contribution >= 4 is 21.6 Å². The van der Waals surface area contributed by atoms with E-state index in [1.54, 1.807) is 0 Å². The van der Waals surface area contributed by atoms with Crippen LogP contribution in [-0.4, -0.2) is 14.3 Å². The normalized spacial score (nSPS) is 11.1. The maximum absolute atomic E-state index is 13.8. The molecular formula is C20H16F2N2O3S. The minimum atomic E-state index is -4.36. The molecule has 0 aliphatic heterocycles. The lowest BCUT2D eigenvalue weighted by Crippen LogP contribution is -2.23. The Morgan fingerprint density at radius 3 is 2.39 bits per heavy atom. The van der Waals surface area contributed by atoms with E-state index in [1.165, 1.54) is 24.3 Å². The molecule has 5 nitrogen and oxygen atoms in total. The molecule has 0 unspecified atom stereocenters. The second-order valence-corrected chi connectivity index (χ2v) is 7.58. The van der Waals surface area contributed by atoms with Gasteiger partial charge in [0.05, 0.1) is 0 Å². The number of halogens is 2. The molecule has 0 aromatic heterocycles. The molecule has 1 amide bonds. The van der Waals surface area contributed by atoms with Crippen LogP contribution >= 0.6 is 0 Å². The fourth-order valence-electron chi connectivity index (χ4n) is 2.50. The fourth-order valence-corrected chi connectivity index (χ4v) is 3.64. The molecule has 0 saturated carbocycles. The van der Waals surface area contributed by atoms with Crippen LogP contribution in [0, 0.1) is 11.6 Å². The molecule has 0 saturated heterocycles. The molecule has 0 aliphatic rings. The fraction of sp³-hybridized carbons (Fsp3) is 0.0500. The van der Waals surface area contributed by atoms with Crippen molar-refractivity contribution in [3.05, 3.63) is 95.6 Å². The van der Waals surface area contributed by atoms with Gasteiger partial charge in [0.25, 0.3) is 15.9 Å². The van der Waals surface area contributed by atoms with Crippen LogP contribution in [0.15, 0.2) is 77.7 Å². The number of rotatable bonds is 6. The summed E-state index contributed by atoms with van der Waals surface area (Å²) in [4.78, 5) is 11.5. The van der Waals surface area contributed by atoms with Crippen LogP contribution in [0.25, 0.3) is 0 Å². The minimum Gasteiger partial charge on any atom is -0.348 e. The van der Waals surface area contributed by atoms with E-state index in [0.717, 1.165) is 17.7 Å². The first kappa shape index (κ1) is 19.5. The van der Waals surface area contributed by atoms with Gasteiger partial charge in [-0.3, -0.25) is 9.52 Å². The summed E-state index contributed by atoms with van der Waals surface area (Å²) in [5.74, 6) is -2.36. The third-order valence-corrected chi connectivity index (χ3v) is 5.25. The Morgan fingerprint density at radius 2 is 1.64 bits per heavy atom. The third-order valence-electron chi connectivity index (χ3n) is 3.86. The molecular weight excluding hydrogens is 386 g/mol. The van der Waals surface area contributed by atoms with Gasteiger partial charge in [0.2, 0.25) is 0 Å². The lowest BCUT2D eigenvalue weighted by Gasteiger charge is -2.11. The molecule has 0 fully saturated rings. The summed E-state index contributed by atoms with van der Waals surface area (Å²) in [6.45, 7) is 0.310. The van der Waals surface area contributed by atoms with Crippen molar-refractivity contribution in [2.45, 2.75) is 11.4 Å². The molecule has 3 aromatic rings. The monoisotopic (exact) mass is 402 g/mol. The molecule has 0 radical (unpaired) electrons. The molecule has 0 aliphatic carbocycles. The Hall–Kier alpha value is -3.26. The molecule has 0 atom stereocenters. The Morgan fingerprint density at radius 1 is 0.893 bits per heavy atom. The Kier molecular flexibility index (Phi) is 5.70. The Bertz CT molecular complexity index is 1100. The summed E-state index contributed by atoms with van der Waals surface area (Å²) in [7, 11) is -4.36.